The Morgan fingerprint density at radius 2 is 2.03 bits per heavy atom. The monoisotopic (exact) mass is 462 g/mol. The first kappa shape index (κ1) is 20.1. The van der Waals surface area contributed by atoms with Crippen LogP contribution in [0.25, 0.3) is 21.0 Å². The highest BCUT2D eigenvalue weighted by Crippen LogP contribution is 2.35. The number of benzene rings is 3. The van der Waals surface area contributed by atoms with E-state index >= 15 is 0 Å². The van der Waals surface area contributed by atoms with Gasteiger partial charge in [0.05, 0.1) is 20.0 Å². The Balaban J connectivity index is 1.44. The van der Waals surface area contributed by atoms with E-state index in [1.807, 2.05) is 36.4 Å². The second-order valence-electron chi connectivity index (χ2n) is 6.87. The van der Waals surface area contributed by atoms with Gasteiger partial charge in [0.25, 0.3) is 11.6 Å². The van der Waals surface area contributed by atoms with Gasteiger partial charge in [-0.2, -0.15) is 0 Å². The maximum absolute atomic E-state index is 12.8. The van der Waals surface area contributed by atoms with Crippen molar-refractivity contribution in [3.8, 4) is 0 Å². The smallest absolute Gasteiger partial charge is 0.284 e. The molecule has 158 valence electrons. The van der Waals surface area contributed by atoms with Crippen molar-refractivity contribution < 1.29 is 9.72 Å². The van der Waals surface area contributed by atoms with Crippen LogP contribution in [-0.4, -0.2) is 30.6 Å². The molecule has 0 atom stereocenters. The third-order valence-electron chi connectivity index (χ3n) is 4.79. The molecule has 11 heteroatoms. The number of amides is 1. The zero-order chi connectivity index (χ0) is 22.2. The van der Waals surface area contributed by atoms with Crippen LogP contribution in [0.2, 0.25) is 0 Å². The highest BCUT2D eigenvalue weighted by Gasteiger charge is 2.21. The molecule has 2 aromatic heterocycles. The van der Waals surface area contributed by atoms with Gasteiger partial charge in [-0.1, -0.05) is 41.7 Å². The maximum atomic E-state index is 12.8. The first-order valence-corrected chi connectivity index (χ1v) is 11.0. The molecule has 5 rings (SSSR count). The lowest BCUT2D eigenvalue weighted by atomic mass is 10.1. The number of thiazole rings is 1. The van der Waals surface area contributed by atoms with Gasteiger partial charge in [0, 0.05) is 24.1 Å². The number of carbonyl (C=O) groups excluding carboxylic acids is 1. The summed E-state index contributed by atoms with van der Waals surface area (Å²) in [6.45, 7) is 0. The summed E-state index contributed by atoms with van der Waals surface area (Å²) in [7, 11) is 1.75. The third kappa shape index (κ3) is 3.67. The summed E-state index contributed by atoms with van der Waals surface area (Å²) >= 11 is 2.46. The molecular weight excluding hydrogens is 448 g/mol. The highest BCUT2D eigenvalue weighted by molar-refractivity contribution is 7.99. The molecule has 0 saturated carbocycles. The highest BCUT2D eigenvalue weighted by atomic mass is 32.2. The SMILES string of the molecule is Cn1cnnc1Sc1ccc(C(=O)Nc2nc3c(ccc4ccccc43)s2)cc1[N+](=O)[O-]. The van der Waals surface area contributed by atoms with E-state index < -0.39 is 10.8 Å². The van der Waals surface area contributed by atoms with Crippen LogP contribution < -0.4 is 5.32 Å². The second kappa shape index (κ2) is 8.02. The summed E-state index contributed by atoms with van der Waals surface area (Å²) in [6.07, 6.45) is 1.51. The van der Waals surface area contributed by atoms with E-state index in [2.05, 4.69) is 20.5 Å². The molecule has 5 aromatic rings. The first-order chi connectivity index (χ1) is 15.5. The molecule has 0 unspecified atom stereocenters. The molecule has 9 nitrogen and oxygen atoms in total. The Morgan fingerprint density at radius 3 is 2.81 bits per heavy atom. The van der Waals surface area contributed by atoms with Crippen LogP contribution in [0.5, 0.6) is 0 Å². The standard InChI is InChI=1S/C21H14N6O3S2/c1-26-11-22-25-21(26)32-16-8-7-13(10-15(16)27(29)30)19(28)24-20-23-18-14-5-3-2-4-12(14)6-9-17(18)31-20/h2-11H,1H3,(H,23,24,28). The van der Waals surface area contributed by atoms with Crippen LogP contribution in [0, 0.1) is 10.1 Å². The van der Waals surface area contributed by atoms with Crippen LogP contribution in [0.4, 0.5) is 10.8 Å². The van der Waals surface area contributed by atoms with E-state index in [0.717, 1.165) is 32.8 Å². The zero-order valence-electron chi connectivity index (χ0n) is 16.6. The minimum absolute atomic E-state index is 0.170. The number of aryl methyl sites for hydroxylation is 1. The van der Waals surface area contributed by atoms with Gasteiger partial charge < -0.3 is 4.57 Å². The van der Waals surface area contributed by atoms with Gasteiger partial charge in [0.15, 0.2) is 10.3 Å². The minimum Gasteiger partial charge on any atom is -0.311 e. The lowest BCUT2D eigenvalue weighted by Crippen LogP contribution is -2.12. The number of aromatic nitrogens is 4. The summed E-state index contributed by atoms with van der Waals surface area (Å²) in [5, 5.41) is 25.1. The topological polar surface area (TPSA) is 116 Å². The van der Waals surface area contributed by atoms with E-state index in [1.54, 1.807) is 17.7 Å². The molecule has 0 fully saturated rings. The van der Waals surface area contributed by atoms with E-state index in [1.165, 1.54) is 29.8 Å². The molecule has 0 aliphatic rings. The molecule has 0 spiro atoms. The molecule has 0 saturated heterocycles. The number of anilines is 1. The Bertz CT molecular complexity index is 1510. The molecule has 0 radical (unpaired) electrons. The fourth-order valence-corrected chi connectivity index (χ4v) is 4.96. The molecule has 0 aliphatic heterocycles. The zero-order valence-corrected chi connectivity index (χ0v) is 18.2. The Kier molecular flexibility index (Phi) is 5.04. The molecule has 0 bridgehead atoms. The van der Waals surface area contributed by atoms with Crippen LogP contribution >= 0.6 is 23.1 Å². The number of nitrogens with one attached hydrogen (secondary N) is 1. The number of fused-ring (bicyclic) bond motifs is 3. The molecule has 1 N–H and O–H groups in total. The van der Waals surface area contributed by atoms with Crippen molar-refractivity contribution in [2.45, 2.75) is 10.1 Å². The lowest BCUT2D eigenvalue weighted by Gasteiger charge is -2.05. The van der Waals surface area contributed by atoms with Crippen LogP contribution in [0.15, 0.2) is 71.0 Å². The van der Waals surface area contributed by atoms with Crippen LogP contribution in [0.3, 0.4) is 0 Å². The quantitative estimate of drug-likeness (QED) is 0.292. The first-order valence-electron chi connectivity index (χ1n) is 9.39. The van der Waals surface area contributed by atoms with Crippen LogP contribution in [0.1, 0.15) is 10.4 Å². The van der Waals surface area contributed by atoms with Crippen LogP contribution in [-0.2, 0) is 7.05 Å². The predicted molar refractivity (Wildman–Crippen MR) is 123 cm³/mol. The number of nitro benzene ring substituents is 1. The summed E-state index contributed by atoms with van der Waals surface area (Å²) in [4.78, 5) is 28.9. The van der Waals surface area contributed by atoms with Gasteiger partial charge in [0.2, 0.25) is 0 Å². The minimum atomic E-state index is -0.515. The number of hydrogen-bond donors (Lipinski definition) is 1. The molecule has 0 aliphatic carbocycles. The van der Waals surface area contributed by atoms with Gasteiger partial charge in [-0.15, -0.1) is 10.2 Å². The summed E-state index contributed by atoms with van der Waals surface area (Å²) in [5.74, 6) is -0.466. The average molecular weight is 463 g/mol. The van der Waals surface area contributed by atoms with Crippen molar-refractivity contribution in [1.82, 2.24) is 19.7 Å². The number of nitrogens with zero attached hydrogens (tertiary/aromatic N) is 5. The Morgan fingerprint density at radius 1 is 1.19 bits per heavy atom. The van der Waals surface area contributed by atoms with Crippen molar-refractivity contribution >= 4 is 60.8 Å². The van der Waals surface area contributed by atoms with Gasteiger partial charge in [-0.25, -0.2) is 4.98 Å². The molecule has 2 heterocycles. The molecule has 32 heavy (non-hydrogen) atoms. The normalized spacial score (nSPS) is 11.2. The van der Waals surface area contributed by atoms with Crippen molar-refractivity contribution in [3.05, 3.63) is 76.6 Å². The maximum Gasteiger partial charge on any atom is 0.284 e. The lowest BCUT2D eigenvalue weighted by molar-refractivity contribution is -0.387. The van der Waals surface area contributed by atoms with Gasteiger partial charge in [-0.3, -0.25) is 20.2 Å². The third-order valence-corrected chi connectivity index (χ3v) is 6.85. The van der Waals surface area contributed by atoms with Crippen molar-refractivity contribution in [2.24, 2.45) is 7.05 Å². The number of nitro groups is 1. The van der Waals surface area contributed by atoms with E-state index in [0.29, 0.717) is 15.2 Å². The van der Waals surface area contributed by atoms with Gasteiger partial charge in [0.1, 0.15) is 6.33 Å². The number of carbonyl (C=O) groups is 1. The largest absolute Gasteiger partial charge is 0.311 e. The average Bonchev–Trinajstić information content (AvgIpc) is 3.39. The Labute approximate surface area is 189 Å². The number of rotatable bonds is 5. The van der Waals surface area contributed by atoms with E-state index in [4.69, 9.17) is 0 Å². The van der Waals surface area contributed by atoms with E-state index in [-0.39, 0.29) is 11.3 Å². The predicted octanol–water partition coefficient (Wildman–Crippen LogP) is 4.89. The van der Waals surface area contributed by atoms with Crippen molar-refractivity contribution in [1.29, 1.82) is 0 Å². The summed E-state index contributed by atoms with van der Waals surface area (Å²) in [6, 6.07) is 16.2. The van der Waals surface area contributed by atoms with Crippen molar-refractivity contribution in [2.75, 3.05) is 5.32 Å². The summed E-state index contributed by atoms with van der Waals surface area (Å²) in [5.41, 5.74) is 0.800. The molecule has 1 amide bonds. The van der Waals surface area contributed by atoms with Crippen molar-refractivity contribution in [3.63, 3.8) is 0 Å². The fraction of sp³-hybridized carbons (Fsp3) is 0.0476. The molecular formula is C21H14N6O3S2. The van der Waals surface area contributed by atoms with Gasteiger partial charge in [-0.05, 0) is 35.3 Å². The Hall–Kier alpha value is -3.83. The van der Waals surface area contributed by atoms with E-state index in [9.17, 15) is 14.9 Å². The number of hydrogen-bond acceptors (Lipinski definition) is 8. The second-order valence-corrected chi connectivity index (χ2v) is 8.91. The molecule has 3 aromatic carbocycles. The van der Waals surface area contributed by atoms with Gasteiger partial charge >= 0.3 is 0 Å². The fourth-order valence-electron chi connectivity index (χ4n) is 3.24. The summed E-state index contributed by atoms with van der Waals surface area (Å²) < 4.78 is 2.60.